The molecule has 0 aliphatic rings. The molecule has 0 bridgehead atoms. The first-order chi connectivity index (χ1) is 9.58. The van der Waals surface area contributed by atoms with Crippen LogP contribution >= 0.6 is 27.3 Å². The van der Waals surface area contributed by atoms with Gasteiger partial charge in [0, 0.05) is 26.1 Å². The normalized spacial score (nSPS) is 11.8. The van der Waals surface area contributed by atoms with Gasteiger partial charge >= 0.3 is 6.09 Å². The van der Waals surface area contributed by atoms with Gasteiger partial charge in [0.2, 0.25) is 0 Å². The quantitative estimate of drug-likeness (QED) is 0.823. The van der Waals surface area contributed by atoms with Crippen LogP contribution in [0.3, 0.4) is 0 Å². The van der Waals surface area contributed by atoms with E-state index in [1.165, 1.54) is 12.0 Å². The largest absolute Gasteiger partial charge is 0.453 e. The molecular weight excluding hydrogens is 340 g/mol. The highest BCUT2D eigenvalue weighted by atomic mass is 79.9. The van der Waals surface area contributed by atoms with Gasteiger partial charge in [0.15, 0.2) is 0 Å². The predicted octanol–water partition coefficient (Wildman–Crippen LogP) is 4.86. The molecule has 0 spiro atoms. The third-order valence-corrected chi connectivity index (χ3v) is 4.59. The fourth-order valence-corrected chi connectivity index (χ4v) is 3.15. The number of nitrogens with one attached hydrogen (secondary N) is 2. The molecule has 2 rings (SSSR count). The van der Waals surface area contributed by atoms with Crippen molar-refractivity contribution >= 4 is 44.7 Å². The van der Waals surface area contributed by atoms with Gasteiger partial charge in [-0.1, -0.05) is 0 Å². The molecule has 2 aromatic rings. The van der Waals surface area contributed by atoms with Crippen LogP contribution in [-0.4, -0.2) is 13.2 Å². The third-order valence-electron chi connectivity index (χ3n) is 2.71. The van der Waals surface area contributed by atoms with Crippen molar-refractivity contribution in [3.05, 3.63) is 45.1 Å². The first-order valence-corrected chi connectivity index (χ1v) is 7.71. The molecule has 20 heavy (non-hydrogen) atoms. The van der Waals surface area contributed by atoms with E-state index in [-0.39, 0.29) is 6.04 Å². The zero-order valence-corrected chi connectivity index (χ0v) is 13.5. The zero-order valence-electron chi connectivity index (χ0n) is 11.1. The highest BCUT2D eigenvalue weighted by Crippen LogP contribution is 2.28. The molecule has 106 valence electrons. The highest BCUT2D eigenvalue weighted by molar-refractivity contribution is 9.10. The summed E-state index contributed by atoms with van der Waals surface area (Å²) in [7, 11) is 1.34. The van der Waals surface area contributed by atoms with Crippen LogP contribution in [0.5, 0.6) is 0 Å². The van der Waals surface area contributed by atoms with Crippen molar-refractivity contribution in [1.82, 2.24) is 0 Å². The minimum atomic E-state index is -0.470. The highest BCUT2D eigenvalue weighted by Gasteiger charge is 2.08. The minimum Gasteiger partial charge on any atom is -0.453 e. The molecule has 1 aromatic carbocycles. The second-order valence-corrected chi connectivity index (χ2v) is 6.09. The average Bonchev–Trinajstić information content (AvgIpc) is 2.87. The van der Waals surface area contributed by atoms with Crippen molar-refractivity contribution in [3.63, 3.8) is 0 Å². The first-order valence-electron chi connectivity index (χ1n) is 6.04. The zero-order chi connectivity index (χ0) is 14.5. The predicted molar refractivity (Wildman–Crippen MR) is 86.5 cm³/mol. The number of hydrogen-bond donors (Lipinski definition) is 2. The van der Waals surface area contributed by atoms with E-state index in [0.29, 0.717) is 5.69 Å². The van der Waals surface area contributed by atoms with E-state index in [2.05, 4.69) is 49.7 Å². The molecule has 0 aliphatic heterocycles. The summed E-state index contributed by atoms with van der Waals surface area (Å²) in [5.41, 5.74) is 1.70. The lowest BCUT2D eigenvalue weighted by atomic mass is 10.2. The van der Waals surface area contributed by atoms with Crippen molar-refractivity contribution in [2.24, 2.45) is 0 Å². The molecule has 0 radical (unpaired) electrons. The number of methoxy groups -OCH3 is 1. The maximum atomic E-state index is 11.1. The van der Waals surface area contributed by atoms with Crippen LogP contribution in [0.4, 0.5) is 16.2 Å². The number of rotatable bonds is 4. The molecule has 0 aliphatic carbocycles. The third kappa shape index (κ3) is 3.98. The summed E-state index contributed by atoms with van der Waals surface area (Å²) in [6.07, 6.45) is -0.470. The van der Waals surface area contributed by atoms with Crippen LogP contribution in [0.2, 0.25) is 0 Å². The number of hydrogen-bond acceptors (Lipinski definition) is 4. The molecular formula is C14H15BrN2O2S. The lowest BCUT2D eigenvalue weighted by molar-refractivity contribution is 0.187. The molecule has 1 amide bonds. The van der Waals surface area contributed by atoms with E-state index in [1.54, 1.807) is 11.3 Å². The number of halogens is 1. The number of amides is 1. The number of thiophene rings is 1. The fourth-order valence-electron chi connectivity index (χ4n) is 1.70. The van der Waals surface area contributed by atoms with Crippen molar-refractivity contribution in [3.8, 4) is 0 Å². The fraction of sp³-hybridized carbons (Fsp3) is 0.214. The number of carbonyl (C=O) groups is 1. The van der Waals surface area contributed by atoms with Crippen molar-refractivity contribution in [2.75, 3.05) is 17.7 Å². The monoisotopic (exact) mass is 354 g/mol. The number of ether oxygens (including phenoxy) is 1. The minimum absolute atomic E-state index is 0.228. The summed E-state index contributed by atoms with van der Waals surface area (Å²) < 4.78 is 5.64. The van der Waals surface area contributed by atoms with Crippen molar-refractivity contribution < 1.29 is 9.53 Å². The summed E-state index contributed by atoms with van der Waals surface area (Å²) >= 11 is 5.16. The topological polar surface area (TPSA) is 50.4 Å². The van der Waals surface area contributed by atoms with E-state index in [9.17, 15) is 4.79 Å². The van der Waals surface area contributed by atoms with Gasteiger partial charge in [0.1, 0.15) is 0 Å². The van der Waals surface area contributed by atoms with E-state index in [4.69, 9.17) is 0 Å². The van der Waals surface area contributed by atoms with Crippen molar-refractivity contribution in [2.45, 2.75) is 13.0 Å². The molecule has 6 heteroatoms. The van der Waals surface area contributed by atoms with Crippen LogP contribution in [0.15, 0.2) is 40.2 Å². The van der Waals surface area contributed by atoms with Crippen LogP contribution in [0.25, 0.3) is 0 Å². The van der Waals surface area contributed by atoms with Gasteiger partial charge in [-0.25, -0.2) is 4.79 Å². The molecule has 0 saturated heterocycles. The lowest BCUT2D eigenvalue weighted by Crippen LogP contribution is -2.11. The number of benzene rings is 1. The summed E-state index contributed by atoms with van der Waals surface area (Å²) in [6, 6.07) is 9.84. The number of carbonyl (C=O) groups excluding carboxylic acids is 1. The molecule has 0 fully saturated rings. The maximum Gasteiger partial charge on any atom is 0.411 e. The lowest BCUT2D eigenvalue weighted by Gasteiger charge is -2.14. The Hall–Kier alpha value is -1.53. The summed E-state index contributed by atoms with van der Waals surface area (Å²) in [5, 5.41) is 8.09. The van der Waals surface area contributed by atoms with Gasteiger partial charge in [0.25, 0.3) is 0 Å². The van der Waals surface area contributed by atoms with Gasteiger partial charge in [0.05, 0.1) is 13.2 Å². The van der Waals surface area contributed by atoms with E-state index in [0.717, 1.165) is 10.2 Å². The van der Waals surface area contributed by atoms with Crippen molar-refractivity contribution in [1.29, 1.82) is 0 Å². The molecule has 1 unspecified atom stereocenters. The smallest absolute Gasteiger partial charge is 0.411 e. The molecule has 4 nitrogen and oxygen atoms in total. The van der Waals surface area contributed by atoms with Gasteiger partial charge in [-0.2, -0.15) is 0 Å². The van der Waals surface area contributed by atoms with E-state index >= 15 is 0 Å². The Morgan fingerprint density at radius 1 is 1.30 bits per heavy atom. The van der Waals surface area contributed by atoms with Crippen LogP contribution in [-0.2, 0) is 4.74 Å². The molecule has 1 heterocycles. The van der Waals surface area contributed by atoms with E-state index < -0.39 is 6.09 Å². The summed E-state index contributed by atoms with van der Waals surface area (Å²) in [6.45, 7) is 2.11. The standard InChI is InChI=1S/C14H15BrN2O2S/c1-9(13-7-10(15)8-20-13)16-11-3-5-12(6-4-11)17-14(18)19-2/h3-9,16H,1-2H3,(H,17,18). The first kappa shape index (κ1) is 14.9. The van der Waals surface area contributed by atoms with Gasteiger partial charge in [-0.15, -0.1) is 11.3 Å². The van der Waals surface area contributed by atoms with Crippen LogP contribution in [0.1, 0.15) is 17.8 Å². The Bertz CT molecular complexity index is 583. The second kappa shape index (κ2) is 6.76. The van der Waals surface area contributed by atoms with Crippen LogP contribution < -0.4 is 10.6 Å². The Labute approximate surface area is 130 Å². The molecule has 0 saturated carbocycles. The number of anilines is 2. The Morgan fingerprint density at radius 3 is 2.50 bits per heavy atom. The Balaban J connectivity index is 1.98. The second-order valence-electron chi connectivity index (χ2n) is 4.23. The Morgan fingerprint density at radius 2 is 1.95 bits per heavy atom. The van der Waals surface area contributed by atoms with Crippen LogP contribution in [0, 0.1) is 0 Å². The summed E-state index contributed by atoms with van der Waals surface area (Å²) in [5.74, 6) is 0. The molecule has 1 aromatic heterocycles. The van der Waals surface area contributed by atoms with Gasteiger partial charge in [-0.05, 0) is 53.2 Å². The van der Waals surface area contributed by atoms with Gasteiger partial charge < -0.3 is 10.1 Å². The molecule has 2 N–H and O–H groups in total. The average molecular weight is 355 g/mol. The SMILES string of the molecule is COC(=O)Nc1ccc(NC(C)c2cc(Br)cs2)cc1. The summed E-state index contributed by atoms with van der Waals surface area (Å²) in [4.78, 5) is 12.3. The molecule has 1 atom stereocenters. The van der Waals surface area contributed by atoms with Gasteiger partial charge in [-0.3, -0.25) is 5.32 Å². The Kier molecular flexibility index (Phi) is 5.03. The maximum absolute atomic E-state index is 11.1. The van der Waals surface area contributed by atoms with E-state index in [1.807, 2.05) is 24.3 Å².